The lowest BCUT2D eigenvalue weighted by atomic mass is 9.69. The van der Waals surface area contributed by atoms with Gasteiger partial charge in [-0.15, -0.1) is 11.8 Å². The standard InChI is InChI=1S/C16H24OS/c1-3-13-6-9-15(13)16(17)10-11-18-14-7-4-12(2)5-8-14/h4-5,7-8,13,15-17H,3,6,9-11H2,1-2H3/t13-,15-,16+/m1/s1. The number of aryl methyl sites for hydroxylation is 1. The highest BCUT2D eigenvalue weighted by Crippen LogP contribution is 2.40. The molecule has 0 aromatic heterocycles. The molecule has 1 aliphatic carbocycles. The quantitative estimate of drug-likeness (QED) is 0.774. The lowest BCUT2D eigenvalue weighted by Crippen LogP contribution is -2.35. The molecular formula is C16H24OS. The van der Waals surface area contributed by atoms with Gasteiger partial charge in [0.2, 0.25) is 0 Å². The number of hydrogen-bond acceptors (Lipinski definition) is 2. The van der Waals surface area contributed by atoms with E-state index in [0.29, 0.717) is 5.92 Å². The largest absolute Gasteiger partial charge is 0.393 e. The van der Waals surface area contributed by atoms with Gasteiger partial charge in [0.25, 0.3) is 0 Å². The van der Waals surface area contributed by atoms with Gasteiger partial charge in [-0.1, -0.05) is 31.0 Å². The Kier molecular flexibility index (Phi) is 5.13. The molecule has 1 aromatic carbocycles. The first-order valence-electron chi connectivity index (χ1n) is 7.08. The monoisotopic (exact) mass is 264 g/mol. The van der Waals surface area contributed by atoms with Crippen molar-refractivity contribution in [3.63, 3.8) is 0 Å². The molecule has 100 valence electrons. The first-order chi connectivity index (χ1) is 8.70. The zero-order chi connectivity index (χ0) is 13.0. The molecule has 0 heterocycles. The molecule has 0 bridgehead atoms. The van der Waals surface area contributed by atoms with Gasteiger partial charge in [-0.3, -0.25) is 0 Å². The molecule has 18 heavy (non-hydrogen) atoms. The van der Waals surface area contributed by atoms with Crippen LogP contribution in [0.25, 0.3) is 0 Å². The fraction of sp³-hybridized carbons (Fsp3) is 0.625. The summed E-state index contributed by atoms with van der Waals surface area (Å²) in [5, 5.41) is 10.2. The predicted molar refractivity (Wildman–Crippen MR) is 79.0 cm³/mol. The number of benzene rings is 1. The molecule has 0 spiro atoms. The van der Waals surface area contributed by atoms with Crippen LogP contribution in [-0.4, -0.2) is 17.0 Å². The third-order valence-electron chi connectivity index (χ3n) is 4.20. The second-order valence-corrected chi connectivity index (χ2v) is 6.60. The van der Waals surface area contributed by atoms with Gasteiger partial charge in [0.05, 0.1) is 6.10 Å². The van der Waals surface area contributed by atoms with Crippen LogP contribution in [0.1, 0.15) is 38.2 Å². The Labute approximate surface area is 115 Å². The zero-order valence-corrected chi connectivity index (χ0v) is 12.2. The van der Waals surface area contributed by atoms with Gasteiger partial charge < -0.3 is 5.11 Å². The molecule has 0 aliphatic heterocycles. The van der Waals surface area contributed by atoms with Gasteiger partial charge in [-0.2, -0.15) is 0 Å². The van der Waals surface area contributed by atoms with Crippen molar-refractivity contribution >= 4 is 11.8 Å². The van der Waals surface area contributed by atoms with E-state index in [1.165, 1.54) is 29.7 Å². The van der Waals surface area contributed by atoms with Crippen LogP contribution in [0.2, 0.25) is 0 Å². The van der Waals surface area contributed by atoms with E-state index >= 15 is 0 Å². The minimum absolute atomic E-state index is 0.0818. The first-order valence-corrected chi connectivity index (χ1v) is 8.06. The van der Waals surface area contributed by atoms with E-state index in [1.54, 1.807) is 0 Å². The molecule has 1 N–H and O–H groups in total. The fourth-order valence-electron chi connectivity index (χ4n) is 2.75. The molecule has 2 heteroatoms. The molecule has 1 saturated carbocycles. The minimum Gasteiger partial charge on any atom is -0.393 e. The van der Waals surface area contributed by atoms with Crippen molar-refractivity contribution in [3.8, 4) is 0 Å². The molecule has 2 rings (SSSR count). The first kappa shape index (κ1) is 14.0. The third kappa shape index (κ3) is 3.52. The summed E-state index contributed by atoms with van der Waals surface area (Å²) in [5.74, 6) is 2.38. The second kappa shape index (κ2) is 6.63. The average molecular weight is 264 g/mol. The lowest BCUT2D eigenvalue weighted by molar-refractivity contribution is 0.0101. The Morgan fingerprint density at radius 1 is 1.28 bits per heavy atom. The van der Waals surface area contributed by atoms with Gasteiger partial charge in [0.1, 0.15) is 0 Å². The van der Waals surface area contributed by atoms with E-state index in [9.17, 15) is 5.11 Å². The van der Waals surface area contributed by atoms with Gasteiger partial charge in [0, 0.05) is 10.6 Å². The zero-order valence-electron chi connectivity index (χ0n) is 11.4. The Balaban J connectivity index is 1.70. The van der Waals surface area contributed by atoms with Crippen LogP contribution >= 0.6 is 11.8 Å². The number of thioether (sulfide) groups is 1. The molecule has 0 amide bonds. The van der Waals surface area contributed by atoms with E-state index in [0.717, 1.165) is 18.1 Å². The van der Waals surface area contributed by atoms with Crippen LogP contribution in [0, 0.1) is 18.8 Å². The molecule has 0 unspecified atom stereocenters. The van der Waals surface area contributed by atoms with Crippen molar-refractivity contribution in [1.29, 1.82) is 0 Å². The van der Waals surface area contributed by atoms with Gasteiger partial charge in [-0.05, 0) is 50.2 Å². The van der Waals surface area contributed by atoms with E-state index in [2.05, 4.69) is 38.1 Å². The molecule has 0 radical (unpaired) electrons. The molecule has 1 fully saturated rings. The Morgan fingerprint density at radius 3 is 2.56 bits per heavy atom. The van der Waals surface area contributed by atoms with Gasteiger partial charge >= 0.3 is 0 Å². The summed E-state index contributed by atoms with van der Waals surface area (Å²) in [6.45, 7) is 4.35. The van der Waals surface area contributed by atoms with Crippen molar-refractivity contribution in [1.82, 2.24) is 0 Å². The Morgan fingerprint density at radius 2 is 2.00 bits per heavy atom. The highest BCUT2D eigenvalue weighted by molar-refractivity contribution is 7.99. The van der Waals surface area contributed by atoms with Crippen LogP contribution in [-0.2, 0) is 0 Å². The van der Waals surface area contributed by atoms with Crippen LogP contribution < -0.4 is 0 Å². The van der Waals surface area contributed by atoms with E-state index in [-0.39, 0.29) is 6.10 Å². The molecular weight excluding hydrogens is 240 g/mol. The normalized spacial score (nSPS) is 24.6. The fourth-order valence-corrected chi connectivity index (χ4v) is 3.68. The van der Waals surface area contributed by atoms with Crippen molar-refractivity contribution < 1.29 is 5.11 Å². The Hall–Kier alpha value is -0.470. The second-order valence-electron chi connectivity index (χ2n) is 5.43. The summed E-state index contributed by atoms with van der Waals surface area (Å²) in [7, 11) is 0. The Bertz CT molecular complexity index is 358. The van der Waals surface area contributed by atoms with Crippen LogP contribution in [0.5, 0.6) is 0 Å². The average Bonchev–Trinajstić information content (AvgIpc) is 2.31. The minimum atomic E-state index is -0.0818. The molecule has 1 aromatic rings. The maximum absolute atomic E-state index is 10.2. The predicted octanol–water partition coefficient (Wildman–Crippen LogP) is 4.27. The smallest absolute Gasteiger partial charge is 0.0579 e. The topological polar surface area (TPSA) is 20.2 Å². The van der Waals surface area contributed by atoms with Crippen molar-refractivity contribution in [2.75, 3.05) is 5.75 Å². The van der Waals surface area contributed by atoms with Gasteiger partial charge in [0.15, 0.2) is 0 Å². The maximum Gasteiger partial charge on any atom is 0.0579 e. The summed E-state index contributed by atoms with van der Waals surface area (Å²) < 4.78 is 0. The number of aliphatic hydroxyl groups excluding tert-OH is 1. The molecule has 3 atom stereocenters. The van der Waals surface area contributed by atoms with Crippen molar-refractivity contribution in [2.45, 2.75) is 50.5 Å². The lowest BCUT2D eigenvalue weighted by Gasteiger charge is -2.39. The molecule has 1 nitrogen and oxygen atoms in total. The highest BCUT2D eigenvalue weighted by Gasteiger charge is 2.34. The summed E-state index contributed by atoms with van der Waals surface area (Å²) >= 11 is 1.86. The summed E-state index contributed by atoms with van der Waals surface area (Å²) in [6.07, 6.45) is 4.63. The highest BCUT2D eigenvalue weighted by atomic mass is 32.2. The number of aliphatic hydroxyl groups is 1. The number of rotatable bonds is 6. The summed E-state index contributed by atoms with van der Waals surface area (Å²) in [4.78, 5) is 1.31. The van der Waals surface area contributed by atoms with Gasteiger partial charge in [-0.25, -0.2) is 0 Å². The number of hydrogen-bond donors (Lipinski definition) is 1. The van der Waals surface area contributed by atoms with Crippen LogP contribution in [0.4, 0.5) is 0 Å². The third-order valence-corrected chi connectivity index (χ3v) is 5.24. The molecule has 1 aliphatic rings. The summed E-state index contributed by atoms with van der Waals surface area (Å²) in [5.41, 5.74) is 1.31. The van der Waals surface area contributed by atoms with E-state index in [1.807, 2.05) is 11.8 Å². The van der Waals surface area contributed by atoms with Crippen molar-refractivity contribution in [3.05, 3.63) is 29.8 Å². The van der Waals surface area contributed by atoms with Crippen LogP contribution in [0.15, 0.2) is 29.2 Å². The summed E-state index contributed by atoms with van der Waals surface area (Å²) in [6, 6.07) is 8.64. The SMILES string of the molecule is CC[C@@H]1CC[C@H]1[C@@H](O)CCSc1ccc(C)cc1. The van der Waals surface area contributed by atoms with Crippen molar-refractivity contribution in [2.24, 2.45) is 11.8 Å². The maximum atomic E-state index is 10.2. The van der Waals surface area contributed by atoms with Crippen LogP contribution in [0.3, 0.4) is 0 Å². The van der Waals surface area contributed by atoms with E-state index < -0.39 is 0 Å². The van der Waals surface area contributed by atoms with E-state index in [4.69, 9.17) is 0 Å². The molecule has 0 saturated heterocycles.